The van der Waals surface area contributed by atoms with Crippen molar-refractivity contribution in [2.75, 3.05) is 37.6 Å². The molecule has 2 aliphatic rings. The van der Waals surface area contributed by atoms with E-state index in [0.29, 0.717) is 12.6 Å². The number of nitrogens with one attached hydrogen (secondary N) is 1. The first kappa shape index (κ1) is 18.2. The Labute approximate surface area is 150 Å². The zero-order chi connectivity index (χ0) is 17.5. The van der Waals surface area contributed by atoms with Crippen molar-refractivity contribution in [1.82, 2.24) is 10.2 Å². The number of benzene rings is 1. The van der Waals surface area contributed by atoms with Crippen molar-refractivity contribution in [1.29, 1.82) is 0 Å². The molecule has 0 spiro atoms. The standard InChI is InChI=1S/C20H30FN3O/c21-17-8-10-19(11-9-17)24-14-12-23(13-15-24)16-20(25)22-18-6-4-2-1-3-5-7-18/h8-11,18H,1-7,12-16H2,(H,22,25). The summed E-state index contributed by atoms with van der Waals surface area (Å²) in [5.41, 5.74) is 1.06. The lowest BCUT2D eigenvalue weighted by molar-refractivity contribution is -0.123. The van der Waals surface area contributed by atoms with Gasteiger partial charge in [-0.15, -0.1) is 0 Å². The van der Waals surface area contributed by atoms with Gasteiger partial charge >= 0.3 is 0 Å². The molecular weight excluding hydrogens is 317 g/mol. The number of piperazine rings is 1. The summed E-state index contributed by atoms with van der Waals surface area (Å²) in [6.07, 6.45) is 8.69. The van der Waals surface area contributed by atoms with Gasteiger partial charge in [-0.25, -0.2) is 4.39 Å². The van der Waals surface area contributed by atoms with Crippen molar-refractivity contribution in [3.8, 4) is 0 Å². The van der Waals surface area contributed by atoms with E-state index in [4.69, 9.17) is 0 Å². The second-order valence-corrected chi connectivity index (χ2v) is 7.35. The maximum absolute atomic E-state index is 13.0. The smallest absolute Gasteiger partial charge is 0.234 e. The predicted molar refractivity (Wildman–Crippen MR) is 99.3 cm³/mol. The van der Waals surface area contributed by atoms with Gasteiger partial charge in [-0.3, -0.25) is 9.69 Å². The fourth-order valence-electron chi connectivity index (χ4n) is 3.89. The lowest BCUT2D eigenvalue weighted by Crippen LogP contribution is -2.50. The molecule has 25 heavy (non-hydrogen) atoms. The van der Waals surface area contributed by atoms with E-state index in [-0.39, 0.29) is 11.7 Å². The van der Waals surface area contributed by atoms with Gasteiger partial charge in [0.25, 0.3) is 0 Å². The second-order valence-electron chi connectivity index (χ2n) is 7.35. The van der Waals surface area contributed by atoms with Crippen LogP contribution in [0.15, 0.2) is 24.3 Å². The molecule has 0 unspecified atom stereocenters. The summed E-state index contributed by atoms with van der Waals surface area (Å²) in [5, 5.41) is 3.25. The van der Waals surface area contributed by atoms with Gasteiger partial charge in [0.2, 0.25) is 5.91 Å². The van der Waals surface area contributed by atoms with Crippen LogP contribution >= 0.6 is 0 Å². The molecular formula is C20H30FN3O. The van der Waals surface area contributed by atoms with Crippen LogP contribution in [0.4, 0.5) is 10.1 Å². The van der Waals surface area contributed by atoms with Gasteiger partial charge in [0.1, 0.15) is 5.82 Å². The number of amides is 1. The molecule has 1 saturated heterocycles. The fourth-order valence-corrected chi connectivity index (χ4v) is 3.89. The minimum atomic E-state index is -0.201. The molecule has 0 radical (unpaired) electrons. The van der Waals surface area contributed by atoms with Crippen molar-refractivity contribution < 1.29 is 9.18 Å². The summed E-state index contributed by atoms with van der Waals surface area (Å²) in [4.78, 5) is 16.8. The number of anilines is 1. The van der Waals surface area contributed by atoms with Crippen molar-refractivity contribution >= 4 is 11.6 Å². The highest BCUT2D eigenvalue weighted by atomic mass is 19.1. The highest BCUT2D eigenvalue weighted by Gasteiger charge is 2.21. The number of carbonyl (C=O) groups is 1. The third kappa shape index (κ3) is 5.70. The van der Waals surface area contributed by atoms with Gasteiger partial charge in [0.15, 0.2) is 0 Å². The SMILES string of the molecule is O=C(CN1CCN(c2ccc(F)cc2)CC1)NC1CCCCCCC1. The summed E-state index contributed by atoms with van der Waals surface area (Å²) in [7, 11) is 0. The summed E-state index contributed by atoms with van der Waals surface area (Å²) in [6.45, 7) is 3.99. The monoisotopic (exact) mass is 347 g/mol. The average molecular weight is 347 g/mol. The Kier molecular flexibility index (Phi) is 6.68. The predicted octanol–water partition coefficient (Wildman–Crippen LogP) is 3.18. The molecule has 1 aromatic carbocycles. The number of hydrogen-bond donors (Lipinski definition) is 1. The summed E-state index contributed by atoms with van der Waals surface area (Å²) >= 11 is 0. The zero-order valence-corrected chi connectivity index (χ0v) is 15.1. The Morgan fingerprint density at radius 2 is 1.56 bits per heavy atom. The van der Waals surface area contributed by atoms with E-state index >= 15 is 0 Å². The van der Waals surface area contributed by atoms with Gasteiger partial charge in [-0.1, -0.05) is 32.1 Å². The van der Waals surface area contributed by atoms with Crippen LogP contribution in [-0.2, 0) is 4.79 Å². The van der Waals surface area contributed by atoms with Crippen LogP contribution in [0.1, 0.15) is 44.9 Å². The fraction of sp³-hybridized carbons (Fsp3) is 0.650. The topological polar surface area (TPSA) is 35.6 Å². The first-order chi connectivity index (χ1) is 12.2. The Hall–Kier alpha value is -1.62. The first-order valence-corrected chi connectivity index (χ1v) is 9.73. The molecule has 3 rings (SSSR count). The maximum Gasteiger partial charge on any atom is 0.234 e. The van der Waals surface area contributed by atoms with Gasteiger partial charge in [-0.05, 0) is 37.1 Å². The third-order valence-electron chi connectivity index (χ3n) is 5.40. The maximum atomic E-state index is 13.0. The lowest BCUT2D eigenvalue weighted by Gasteiger charge is -2.36. The number of halogens is 1. The van der Waals surface area contributed by atoms with Gasteiger partial charge < -0.3 is 10.2 Å². The molecule has 1 saturated carbocycles. The largest absolute Gasteiger partial charge is 0.369 e. The number of nitrogens with zero attached hydrogens (tertiary/aromatic N) is 2. The van der Waals surface area contributed by atoms with E-state index in [2.05, 4.69) is 15.1 Å². The summed E-state index contributed by atoms with van der Waals surface area (Å²) < 4.78 is 13.0. The van der Waals surface area contributed by atoms with E-state index in [0.717, 1.165) is 44.7 Å². The Bertz CT molecular complexity index is 532. The Balaban J connectivity index is 1.40. The molecule has 1 aromatic rings. The van der Waals surface area contributed by atoms with Crippen LogP contribution in [-0.4, -0.2) is 49.6 Å². The highest BCUT2D eigenvalue weighted by molar-refractivity contribution is 5.78. The Morgan fingerprint density at radius 3 is 2.20 bits per heavy atom. The molecule has 1 amide bonds. The number of hydrogen-bond acceptors (Lipinski definition) is 3. The van der Waals surface area contributed by atoms with Gasteiger partial charge in [0, 0.05) is 37.9 Å². The van der Waals surface area contributed by atoms with Gasteiger partial charge in [0.05, 0.1) is 6.54 Å². The minimum absolute atomic E-state index is 0.167. The molecule has 4 nitrogen and oxygen atoms in total. The van der Waals surface area contributed by atoms with Crippen molar-refractivity contribution in [3.05, 3.63) is 30.1 Å². The molecule has 1 aliphatic heterocycles. The molecule has 138 valence electrons. The van der Waals surface area contributed by atoms with Crippen molar-refractivity contribution in [2.45, 2.75) is 51.0 Å². The van der Waals surface area contributed by atoms with Crippen LogP contribution in [0, 0.1) is 5.82 Å². The molecule has 0 bridgehead atoms. The number of rotatable bonds is 4. The normalized spacial score (nSPS) is 20.8. The quantitative estimate of drug-likeness (QED) is 0.909. The molecule has 0 atom stereocenters. The number of carbonyl (C=O) groups excluding carboxylic acids is 1. The van der Waals surface area contributed by atoms with E-state index in [1.54, 1.807) is 0 Å². The molecule has 1 aliphatic carbocycles. The van der Waals surface area contributed by atoms with Crippen molar-refractivity contribution in [3.63, 3.8) is 0 Å². The van der Waals surface area contributed by atoms with Crippen molar-refractivity contribution in [2.24, 2.45) is 0 Å². The minimum Gasteiger partial charge on any atom is -0.369 e. The zero-order valence-electron chi connectivity index (χ0n) is 15.1. The Morgan fingerprint density at radius 1 is 0.960 bits per heavy atom. The lowest BCUT2D eigenvalue weighted by atomic mass is 9.97. The van der Waals surface area contributed by atoms with Crippen LogP contribution in [0.25, 0.3) is 0 Å². The molecule has 1 N–H and O–H groups in total. The van der Waals surface area contributed by atoms with Crippen LogP contribution in [0.2, 0.25) is 0 Å². The van der Waals surface area contributed by atoms with E-state index in [1.165, 1.54) is 44.2 Å². The van der Waals surface area contributed by atoms with Crippen LogP contribution < -0.4 is 10.2 Å². The van der Waals surface area contributed by atoms with Crippen LogP contribution in [0.5, 0.6) is 0 Å². The van der Waals surface area contributed by atoms with Gasteiger partial charge in [-0.2, -0.15) is 0 Å². The third-order valence-corrected chi connectivity index (χ3v) is 5.40. The summed E-state index contributed by atoms with van der Waals surface area (Å²) in [6, 6.07) is 7.03. The average Bonchev–Trinajstić information content (AvgIpc) is 2.59. The highest BCUT2D eigenvalue weighted by Crippen LogP contribution is 2.18. The molecule has 5 heteroatoms. The molecule has 0 aromatic heterocycles. The van der Waals surface area contributed by atoms with E-state index < -0.39 is 0 Å². The van der Waals surface area contributed by atoms with Crippen LogP contribution in [0.3, 0.4) is 0 Å². The molecule has 2 fully saturated rings. The van der Waals surface area contributed by atoms with E-state index in [1.807, 2.05) is 12.1 Å². The van der Waals surface area contributed by atoms with E-state index in [9.17, 15) is 9.18 Å². The second kappa shape index (κ2) is 9.18. The first-order valence-electron chi connectivity index (χ1n) is 9.73. The summed E-state index contributed by atoms with van der Waals surface area (Å²) in [5.74, 6) is -0.0333. The molecule has 1 heterocycles.